The Morgan fingerprint density at radius 1 is 1.40 bits per heavy atom. The van der Waals surface area contributed by atoms with Gasteiger partial charge in [-0.05, 0) is 42.0 Å². The molecule has 20 heavy (non-hydrogen) atoms. The van der Waals surface area contributed by atoms with Gasteiger partial charge in [-0.15, -0.1) is 0 Å². The lowest BCUT2D eigenvalue weighted by atomic mass is 10.1. The molecule has 1 aromatic carbocycles. The topological polar surface area (TPSA) is 49.3 Å². The minimum Gasteiger partial charge on any atom is -0.395 e. The summed E-state index contributed by atoms with van der Waals surface area (Å²) in [5.74, 6) is 6.38. The van der Waals surface area contributed by atoms with Gasteiger partial charge >= 0.3 is 0 Å². The van der Waals surface area contributed by atoms with Gasteiger partial charge in [-0.25, -0.2) is 0 Å². The van der Waals surface area contributed by atoms with Gasteiger partial charge in [0.25, 0.3) is 5.91 Å². The fraction of sp³-hybridized carbons (Fsp3) is 0.471. The molecule has 0 saturated heterocycles. The van der Waals surface area contributed by atoms with E-state index in [-0.39, 0.29) is 12.5 Å². The largest absolute Gasteiger partial charge is 0.395 e. The summed E-state index contributed by atoms with van der Waals surface area (Å²) in [6.45, 7) is 5.28. The number of aliphatic hydroxyl groups excluding tert-OH is 1. The van der Waals surface area contributed by atoms with E-state index in [1.54, 1.807) is 12.1 Å². The summed E-state index contributed by atoms with van der Waals surface area (Å²) < 4.78 is 0. The number of nitrogens with one attached hydrogen (secondary N) is 1. The van der Waals surface area contributed by atoms with Gasteiger partial charge < -0.3 is 10.4 Å². The molecule has 0 bridgehead atoms. The lowest BCUT2D eigenvalue weighted by Crippen LogP contribution is -2.26. The Morgan fingerprint density at radius 3 is 2.60 bits per heavy atom. The van der Waals surface area contributed by atoms with Gasteiger partial charge in [0.15, 0.2) is 0 Å². The van der Waals surface area contributed by atoms with Crippen molar-refractivity contribution in [3.05, 3.63) is 35.4 Å². The Balaban J connectivity index is 1.86. The van der Waals surface area contributed by atoms with Crippen molar-refractivity contribution in [2.75, 3.05) is 13.2 Å². The average molecular weight is 271 g/mol. The van der Waals surface area contributed by atoms with Crippen LogP contribution in [-0.2, 0) is 0 Å². The molecule has 0 spiro atoms. The minimum atomic E-state index is -0.0254. The third-order valence-corrected chi connectivity index (χ3v) is 3.84. The number of benzene rings is 1. The molecule has 1 unspecified atom stereocenters. The van der Waals surface area contributed by atoms with Crippen LogP contribution in [0.1, 0.15) is 42.6 Å². The smallest absolute Gasteiger partial charge is 0.251 e. The summed E-state index contributed by atoms with van der Waals surface area (Å²) in [5.41, 5.74) is 1.91. The van der Waals surface area contributed by atoms with E-state index in [0.29, 0.717) is 23.3 Å². The second-order valence-corrected chi connectivity index (χ2v) is 5.95. The standard InChI is InChI=1S/C17H21NO2/c1-17(2)11-15(17)12-18-16(20)14-8-6-13(7-9-14)5-3-4-10-19/h6-9,15,19H,4,10-12H2,1-2H3,(H,18,20). The van der Waals surface area contributed by atoms with E-state index in [4.69, 9.17) is 5.11 Å². The lowest BCUT2D eigenvalue weighted by Gasteiger charge is -2.06. The van der Waals surface area contributed by atoms with E-state index in [1.807, 2.05) is 12.1 Å². The van der Waals surface area contributed by atoms with E-state index in [9.17, 15) is 4.79 Å². The van der Waals surface area contributed by atoms with Crippen LogP contribution in [0.2, 0.25) is 0 Å². The molecular formula is C17H21NO2. The molecule has 1 aromatic rings. The first-order valence-electron chi connectivity index (χ1n) is 7.01. The molecule has 1 atom stereocenters. The first kappa shape index (κ1) is 14.6. The maximum absolute atomic E-state index is 12.0. The number of hydrogen-bond donors (Lipinski definition) is 2. The number of carbonyl (C=O) groups excluding carboxylic acids is 1. The Morgan fingerprint density at radius 2 is 2.05 bits per heavy atom. The van der Waals surface area contributed by atoms with Gasteiger partial charge in [-0.3, -0.25) is 4.79 Å². The highest BCUT2D eigenvalue weighted by Crippen LogP contribution is 2.50. The van der Waals surface area contributed by atoms with Crippen LogP contribution in [0.3, 0.4) is 0 Å². The van der Waals surface area contributed by atoms with Gasteiger partial charge in [0, 0.05) is 24.1 Å². The average Bonchev–Trinajstić information content (AvgIpc) is 3.05. The molecule has 106 valence electrons. The van der Waals surface area contributed by atoms with Gasteiger partial charge in [0.2, 0.25) is 0 Å². The molecule has 0 aromatic heterocycles. The van der Waals surface area contributed by atoms with Crippen molar-refractivity contribution >= 4 is 5.91 Å². The molecule has 1 amide bonds. The quantitative estimate of drug-likeness (QED) is 0.825. The Kier molecular flexibility index (Phi) is 4.46. The van der Waals surface area contributed by atoms with Crippen molar-refractivity contribution in [2.24, 2.45) is 11.3 Å². The van der Waals surface area contributed by atoms with Crippen LogP contribution in [0.15, 0.2) is 24.3 Å². The summed E-state index contributed by atoms with van der Waals surface area (Å²) in [4.78, 5) is 12.0. The van der Waals surface area contributed by atoms with E-state index in [1.165, 1.54) is 6.42 Å². The molecule has 2 N–H and O–H groups in total. The van der Waals surface area contributed by atoms with E-state index in [0.717, 1.165) is 12.1 Å². The highest BCUT2D eigenvalue weighted by Gasteiger charge is 2.45. The SMILES string of the molecule is CC1(C)CC1CNC(=O)c1ccc(C#CCCO)cc1. The molecule has 0 heterocycles. The summed E-state index contributed by atoms with van der Waals surface area (Å²) in [7, 11) is 0. The molecule has 3 nitrogen and oxygen atoms in total. The van der Waals surface area contributed by atoms with Gasteiger partial charge in [0.1, 0.15) is 0 Å². The molecule has 3 heteroatoms. The zero-order valence-corrected chi connectivity index (χ0v) is 12.1. The normalized spacial score (nSPS) is 18.9. The second kappa shape index (κ2) is 6.11. The molecule has 1 aliphatic rings. The first-order chi connectivity index (χ1) is 9.53. The van der Waals surface area contributed by atoms with Gasteiger partial charge in [-0.1, -0.05) is 25.7 Å². The van der Waals surface area contributed by atoms with Gasteiger partial charge in [0.05, 0.1) is 6.61 Å². The highest BCUT2D eigenvalue weighted by atomic mass is 16.2. The molecule has 0 radical (unpaired) electrons. The zero-order chi connectivity index (χ0) is 14.6. The Bertz CT molecular complexity index is 534. The number of aliphatic hydroxyl groups is 1. The predicted molar refractivity (Wildman–Crippen MR) is 79.2 cm³/mol. The van der Waals surface area contributed by atoms with Crippen LogP contribution in [-0.4, -0.2) is 24.2 Å². The van der Waals surface area contributed by atoms with Crippen LogP contribution < -0.4 is 5.32 Å². The van der Waals surface area contributed by atoms with Crippen LogP contribution in [0.5, 0.6) is 0 Å². The number of hydrogen-bond acceptors (Lipinski definition) is 2. The Labute approximate surface area is 120 Å². The molecule has 1 fully saturated rings. The first-order valence-corrected chi connectivity index (χ1v) is 7.01. The van der Waals surface area contributed by atoms with Crippen molar-refractivity contribution in [1.29, 1.82) is 0 Å². The van der Waals surface area contributed by atoms with Crippen LogP contribution in [0.25, 0.3) is 0 Å². The molecule has 1 aliphatic carbocycles. The van der Waals surface area contributed by atoms with E-state index >= 15 is 0 Å². The number of rotatable bonds is 4. The third kappa shape index (κ3) is 3.85. The lowest BCUT2D eigenvalue weighted by molar-refractivity contribution is 0.0950. The fourth-order valence-electron chi connectivity index (χ4n) is 2.17. The van der Waals surface area contributed by atoms with Crippen molar-refractivity contribution < 1.29 is 9.90 Å². The molecule has 2 rings (SSSR count). The van der Waals surface area contributed by atoms with Crippen molar-refractivity contribution in [2.45, 2.75) is 26.7 Å². The maximum Gasteiger partial charge on any atom is 0.251 e. The summed E-state index contributed by atoms with van der Waals surface area (Å²) in [6.07, 6.45) is 1.66. The van der Waals surface area contributed by atoms with E-state index < -0.39 is 0 Å². The third-order valence-electron chi connectivity index (χ3n) is 3.84. The van der Waals surface area contributed by atoms with Crippen molar-refractivity contribution in [1.82, 2.24) is 5.32 Å². The molecule has 1 saturated carbocycles. The summed E-state index contributed by atoms with van der Waals surface area (Å²) in [5, 5.41) is 11.6. The summed E-state index contributed by atoms with van der Waals surface area (Å²) >= 11 is 0. The minimum absolute atomic E-state index is 0.0254. The van der Waals surface area contributed by atoms with Crippen LogP contribution in [0.4, 0.5) is 0 Å². The second-order valence-electron chi connectivity index (χ2n) is 5.95. The maximum atomic E-state index is 12.0. The van der Waals surface area contributed by atoms with Crippen LogP contribution in [0, 0.1) is 23.2 Å². The highest BCUT2D eigenvalue weighted by molar-refractivity contribution is 5.94. The summed E-state index contributed by atoms with van der Waals surface area (Å²) in [6, 6.07) is 7.24. The molecule has 0 aliphatic heterocycles. The van der Waals surface area contributed by atoms with E-state index in [2.05, 4.69) is 31.0 Å². The number of carbonyl (C=O) groups is 1. The van der Waals surface area contributed by atoms with Crippen LogP contribution >= 0.6 is 0 Å². The van der Waals surface area contributed by atoms with Gasteiger partial charge in [-0.2, -0.15) is 0 Å². The Hall–Kier alpha value is -1.79. The monoisotopic (exact) mass is 271 g/mol. The molecular weight excluding hydrogens is 250 g/mol. The van der Waals surface area contributed by atoms with Crippen molar-refractivity contribution in [3.8, 4) is 11.8 Å². The number of amides is 1. The predicted octanol–water partition coefficient (Wildman–Crippen LogP) is 2.20. The fourth-order valence-corrected chi connectivity index (χ4v) is 2.17. The van der Waals surface area contributed by atoms with Crippen molar-refractivity contribution in [3.63, 3.8) is 0 Å². The zero-order valence-electron chi connectivity index (χ0n) is 12.1.